The molecule has 2 aromatic rings. The fourth-order valence-electron chi connectivity index (χ4n) is 1.20. The lowest BCUT2D eigenvalue weighted by Gasteiger charge is -1.99. The molecule has 2 heterocycles. The van der Waals surface area contributed by atoms with Gasteiger partial charge in [-0.3, -0.25) is 14.8 Å². The molecule has 1 amide bonds. The van der Waals surface area contributed by atoms with Crippen LogP contribution in [-0.2, 0) is 7.05 Å². The van der Waals surface area contributed by atoms with Crippen molar-refractivity contribution in [3.8, 4) is 0 Å². The van der Waals surface area contributed by atoms with Gasteiger partial charge >= 0.3 is 0 Å². The summed E-state index contributed by atoms with van der Waals surface area (Å²) in [5.41, 5.74) is 1.27. The lowest BCUT2D eigenvalue weighted by Crippen LogP contribution is -2.14. The highest BCUT2D eigenvalue weighted by atomic mass is 16.2. The lowest BCUT2D eigenvalue weighted by atomic mass is 10.3. The average molecular weight is 217 g/mol. The fourth-order valence-corrected chi connectivity index (χ4v) is 1.20. The van der Waals surface area contributed by atoms with Crippen LogP contribution in [0.15, 0.2) is 24.5 Å². The third-order valence-corrected chi connectivity index (χ3v) is 2.14. The Bertz CT molecular complexity index is 486. The van der Waals surface area contributed by atoms with Crippen molar-refractivity contribution in [3.05, 3.63) is 35.9 Å². The summed E-state index contributed by atoms with van der Waals surface area (Å²) < 4.78 is 1.64. The Morgan fingerprint density at radius 3 is 2.62 bits per heavy atom. The van der Waals surface area contributed by atoms with Crippen LogP contribution in [0.1, 0.15) is 16.2 Å². The molecule has 0 radical (unpaired) electrons. The number of carbonyl (C=O) groups excluding carboxylic acids is 1. The smallest absolute Gasteiger partial charge is 0.278 e. The molecule has 0 spiro atoms. The van der Waals surface area contributed by atoms with Gasteiger partial charge in [0.05, 0.1) is 0 Å². The predicted molar refractivity (Wildman–Crippen MR) is 57.9 cm³/mol. The molecule has 16 heavy (non-hydrogen) atoms. The number of rotatable bonds is 2. The fraction of sp³-hybridized carbons (Fsp3) is 0.200. The van der Waals surface area contributed by atoms with E-state index >= 15 is 0 Å². The number of nitrogens with zero attached hydrogens (tertiary/aromatic N) is 4. The number of amides is 1. The van der Waals surface area contributed by atoms with Gasteiger partial charge in [0.15, 0.2) is 5.69 Å². The molecular formula is C10H11N5O. The van der Waals surface area contributed by atoms with Gasteiger partial charge in [-0.1, -0.05) is 0 Å². The molecule has 6 nitrogen and oxygen atoms in total. The van der Waals surface area contributed by atoms with Crippen molar-refractivity contribution in [1.82, 2.24) is 19.7 Å². The first-order valence-electron chi connectivity index (χ1n) is 4.76. The highest BCUT2D eigenvalue weighted by molar-refractivity contribution is 6.01. The number of anilines is 1. The first kappa shape index (κ1) is 10.3. The number of aryl methyl sites for hydroxylation is 2. The topological polar surface area (TPSA) is 72.7 Å². The summed E-state index contributed by atoms with van der Waals surface area (Å²) in [7, 11) is 1.78. The van der Waals surface area contributed by atoms with Crippen LogP contribution in [0.25, 0.3) is 0 Å². The number of carbonyl (C=O) groups is 1. The minimum atomic E-state index is -0.310. The molecular weight excluding hydrogens is 206 g/mol. The summed E-state index contributed by atoms with van der Waals surface area (Å²) in [5, 5.41) is 6.62. The number of aromatic nitrogens is 4. The molecule has 82 valence electrons. The van der Waals surface area contributed by atoms with Gasteiger partial charge in [-0.05, 0) is 19.1 Å². The minimum Gasteiger partial charge on any atom is -0.289 e. The second-order valence-corrected chi connectivity index (χ2v) is 3.32. The predicted octanol–water partition coefficient (Wildman–Crippen LogP) is 0.771. The van der Waals surface area contributed by atoms with E-state index in [0.29, 0.717) is 5.69 Å². The number of hydrogen-bond acceptors (Lipinski definition) is 4. The maximum Gasteiger partial charge on any atom is 0.278 e. The van der Waals surface area contributed by atoms with E-state index < -0.39 is 0 Å². The Kier molecular flexibility index (Phi) is 2.63. The number of hydrogen-bond donors (Lipinski definition) is 1. The van der Waals surface area contributed by atoms with Crippen LogP contribution in [0.3, 0.4) is 0 Å². The van der Waals surface area contributed by atoms with Crippen LogP contribution in [0, 0.1) is 6.92 Å². The van der Waals surface area contributed by atoms with E-state index in [2.05, 4.69) is 20.4 Å². The van der Waals surface area contributed by atoms with E-state index in [4.69, 9.17) is 0 Å². The van der Waals surface area contributed by atoms with Crippen molar-refractivity contribution < 1.29 is 4.79 Å². The van der Waals surface area contributed by atoms with Crippen molar-refractivity contribution in [2.75, 3.05) is 5.32 Å². The summed E-state index contributed by atoms with van der Waals surface area (Å²) >= 11 is 0. The van der Waals surface area contributed by atoms with E-state index in [1.807, 2.05) is 6.92 Å². The Balaban J connectivity index is 2.15. The third-order valence-electron chi connectivity index (χ3n) is 2.14. The van der Waals surface area contributed by atoms with Crippen LogP contribution in [-0.4, -0.2) is 25.7 Å². The molecule has 0 fully saturated rings. The minimum absolute atomic E-state index is 0.274. The molecule has 0 aliphatic rings. The molecule has 0 bridgehead atoms. The number of nitrogens with one attached hydrogen (secondary N) is 1. The first-order chi connectivity index (χ1) is 7.66. The summed E-state index contributed by atoms with van der Waals surface area (Å²) in [4.78, 5) is 19.5. The molecule has 2 aromatic heterocycles. The van der Waals surface area contributed by atoms with Gasteiger partial charge in [-0.25, -0.2) is 9.97 Å². The second kappa shape index (κ2) is 4.09. The van der Waals surface area contributed by atoms with E-state index in [0.717, 1.165) is 5.69 Å². The van der Waals surface area contributed by atoms with Gasteiger partial charge in [0, 0.05) is 25.1 Å². The van der Waals surface area contributed by atoms with Crippen molar-refractivity contribution >= 4 is 11.9 Å². The molecule has 0 aliphatic heterocycles. The standard InChI is InChI=1S/C10H11N5O/c1-7-6-8(14-15(7)2)9(16)13-10-11-4-3-5-12-10/h3-6H,1-2H3,(H,11,12,13,16). The summed E-state index contributed by atoms with van der Waals surface area (Å²) in [6.45, 7) is 1.88. The maximum atomic E-state index is 11.7. The van der Waals surface area contributed by atoms with Gasteiger partial charge in [0.1, 0.15) is 0 Å². The Morgan fingerprint density at radius 1 is 1.38 bits per heavy atom. The monoisotopic (exact) mass is 217 g/mol. The summed E-state index contributed by atoms with van der Waals surface area (Å²) in [5.74, 6) is -0.0364. The Morgan fingerprint density at radius 2 is 2.06 bits per heavy atom. The third kappa shape index (κ3) is 2.05. The highest BCUT2D eigenvalue weighted by Gasteiger charge is 2.11. The molecule has 0 aromatic carbocycles. The zero-order chi connectivity index (χ0) is 11.5. The SMILES string of the molecule is Cc1cc(C(=O)Nc2ncccn2)nn1C. The van der Waals surface area contributed by atoms with Crippen LogP contribution < -0.4 is 5.32 Å². The van der Waals surface area contributed by atoms with Crippen molar-refractivity contribution in [2.24, 2.45) is 7.05 Å². The highest BCUT2D eigenvalue weighted by Crippen LogP contribution is 2.04. The average Bonchev–Trinajstić information content (AvgIpc) is 2.61. The summed E-state index contributed by atoms with van der Waals surface area (Å²) in [6, 6.07) is 3.39. The molecule has 0 atom stereocenters. The van der Waals surface area contributed by atoms with Crippen molar-refractivity contribution in [2.45, 2.75) is 6.92 Å². The zero-order valence-electron chi connectivity index (χ0n) is 9.01. The molecule has 2 rings (SSSR count). The second-order valence-electron chi connectivity index (χ2n) is 3.32. The van der Waals surface area contributed by atoms with Gasteiger partial charge in [0.25, 0.3) is 5.91 Å². The Hall–Kier alpha value is -2.24. The van der Waals surface area contributed by atoms with Gasteiger partial charge in [0.2, 0.25) is 5.95 Å². The molecule has 0 aliphatic carbocycles. The summed E-state index contributed by atoms with van der Waals surface area (Å²) in [6.07, 6.45) is 3.12. The maximum absolute atomic E-state index is 11.7. The van der Waals surface area contributed by atoms with Crippen LogP contribution in [0.2, 0.25) is 0 Å². The van der Waals surface area contributed by atoms with Gasteiger partial charge in [-0.15, -0.1) is 0 Å². The van der Waals surface area contributed by atoms with Gasteiger partial charge in [-0.2, -0.15) is 5.10 Å². The normalized spacial score (nSPS) is 10.1. The van der Waals surface area contributed by atoms with Crippen LogP contribution in [0.4, 0.5) is 5.95 Å². The van der Waals surface area contributed by atoms with E-state index in [1.165, 1.54) is 0 Å². The quantitative estimate of drug-likeness (QED) is 0.806. The Labute approximate surface area is 92.3 Å². The zero-order valence-corrected chi connectivity index (χ0v) is 9.01. The molecule has 6 heteroatoms. The van der Waals surface area contributed by atoms with Crippen LogP contribution in [0.5, 0.6) is 0 Å². The molecule has 0 unspecified atom stereocenters. The molecule has 0 saturated heterocycles. The van der Waals surface area contributed by atoms with Gasteiger partial charge < -0.3 is 0 Å². The molecule has 0 saturated carbocycles. The van der Waals surface area contributed by atoms with E-state index in [-0.39, 0.29) is 11.9 Å². The first-order valence-corrected chi connectivity index (χ1v) is 4.76. The van der Waals surface area contributed by atoms with Crippen molar-refractivity contribution in [1.29, 1.82) is 0 Å². The largest absolute Gasteiger partial charge is 0.289 e. The van der Waals surface area contributed by atoms with E-state index in [9.17, 15) is 4.79 Å². The van der Waals surface area contributed by atoms with E-state index in [1.54, 1.807) is 36.3 Å². The lowest BCUT2D eigenvalue weighted by molar-refractivity contribution is 0.102. The van der Waals surface area contributed by atoms with Crippen molar-refractivity contribution in [3.63, 3.8) is 0 Å². The van der Waals surface area contributed by atoms with Crippen LogP contribution >= 0.6 is 0 Å². The molecule has 1 N–H and O–H groups in total.